The maximum absolute atomic E-state index is 2.29. The molecule has 0 radical (unpaired) electrons. The zero-order valence-corrected chi connectivity index (χ0v) is 16.8. The molecule has 1 aromatic heterocycles. The molecular formula is C28H20S. The van der Waals surface area contributed by atoms with Crippen molar-refractivity contribution in [3.05, 3.63) is 119 Å². The van der Waals surface area contributed by atoms with Gasteiger partial charge in [-0.2, -0.15) is 0 Å². The first kappa shape index (κ1) is 17.7. The van der Waals surface area contributed by atoms with Crippen molar-refractivity contribution in [2.75, 3.05) is 0 Å². The minimum atomic E-state index is 1.22. The van der Waals surface area contributed by atoms with E-state index in [0.717, 1.165) is 0 Å². The topological polar surface area (TPSA) is 0 Å². The quantitative estimate of drug-likeness (QED) is 0.271. The van der Waals surface area contributed by atoms with Gasteiger partial charge in [0.05, 0.1) is 0 Å². The van der Waals surface area contributed by atoms with Gasteiger partial charge in [0.1, 0.15) is 0 Å². The molecule has 0 amide bonds. The van der Waals surface area contributed by atoms with E-state index in [1.807, 2.05) is 23.5 Å². The number of benzene rings is 4. The summed E-state index contributed by atoms with van der Waals surface area (Å²) in [6.07, 6.45) is 8.71. The average Bonchev–Trinajstić information content (AvgIpc) is 3.14. The predicted molar refractivity (Wildman–Crippen MR) is 130 cm³/mol. The van der Waals surface area contributed by atoms with E-state index >= 15 is 0 Å². The van der Waals surface area contributed by atoms with Gasteiger partial charge >= 0.3 is 0 Å². The fraction of sp³-hybridized carbons (Fsp3) is 0. The van der Waals surface area contributed by atoms with E-state index < -0.39 is 0 Å². The first-order valence-electron chi connectivity index (χ1n) is 9.78. The van der Waals surface area contributed by atoms with Crippen LogP contribution in [0.2, 0.25) is 0 Å². The largest absolute Gasteiger partial charge is 0.135 e. The molecule has 1 heteroatoms. The molecule has 1 heterocycles. The van der Waals surface area contributed by atoms with Crippen LogP contribution in [0.4, 0.5) is 0 Å². The number of rotatable bonds is 4. The highest BCUT2D eigenvalue weighted by atomic mass is 32.1. The van der Waals surface area contributed by atoms with Gasteiger partial charge in [0.25, 0.3) is 0 Å². The lowest BCUT2D eigenvalue weighted by molar-refractivity contribution is 1.66. The van der Waals surface area contributed by atoms with Gasteiger partial charge in [-0.25, -0.2) is 0 Å². The molecule has 0 fully saturated rings. The van der Waals surface area contributed by atoms with E-state index in [1.165, 1.54) is 42.4 Å². The standard InChI is InChI=1S/C28H20S/c1-3-7-21(8-4-1)11-13-23-15-17-25-26-18-16-24(20-28(26)29-27(25)19-23)14-12-22-9-5-2-6-10-22/h1-20H. The molecule has 138 valence electrons. The van der Waals surface area contributed by atoms with Gasteiger partial charge in [-0.3, -0.25) is 0 Å². The molecule has 0 aliphatic rings. The van der Waals surface area contributed by atoms with Crippen molar-refractivity contribution < 1.29 is 0 Å². The second kappa shape index (κ2) is 7.90. The Morgan fingerprint density at radius 2 is 0.828 bits per heavy atom. The molecule has 5 aromatic rings. The summed E-state index contributed by atoms with van der Waals surface area (Å²) in [5.74, 6) is 0. The Hall–Kier alpha value is -3.42. The highest BCUT2D eigenvalue weighted by molar-refractivity contribution is 7.25. The molecule has 0 saturated heterocycles. The van der Waals surface area contributed by atoms with E-state index in [9.17, 15) is 0 Å². The summed E-state index contributed by atoms with van der Waals surface area (Å²) in [5.41, 5.74) is 4.91. The van der Waals surface area contributed by atoms with Crippen LogP contribution in [-0.4, -0.2) is 0 Å². The summed E-state index contributed by atoms with van der Waals surface area (Å²) in [6, 6.07) is 34.3. The van der Waals surface area contributed by atoms with Crippen LogP contribution >= 0.6 is 11.3 Å². The maximum atomic E-state index is 2.29. The molecule has 0 unspecified atom stereocenters. The van der Waals surface area contributed by atoms with E-state index in [2.05, 4.69) is 109 Å². The number of fused-ring (bicyclic) bond motifs is 3. The maximum Gasteiger partial charge on any atom is 0.0361 e. The first-order chi connectivity index (χ1) is 14.3. The summed E-state index contributed by atoms with van der Waals surface area (Å²) >= 11 is 1.87. The molecule has 0 aliphatic heterocycles. The zero-order chi connectivity index (χ0) is 19.5. The monoisotopic (exact) mass is 388 g/mol. The summed E-state index contributed by atoms with van der Waals surface area (Å²) in [4.78, 5) is 0. The van der Waals surface area contributed by atoms with Gasteiger partial charge in [-0.1, -0.05) is 109 Å². The summed E-state index contributed by atoms with van der Waals surface area (Å²) < 4.78 is 2.67. The molecule has 0 aliphatic carbocycles. The SMILES string of the molecule is C(=Cc1ccc2c(c1)sc1cc(C=Cc3ccccc3)ccc12)c1ccccc1. The van der Waals surface area contributed by atoms with Gasteiger partial charge in [0.2, 0.25) is 0 Å². The Labute approximate surface area is 175 Å². The Morgan fingerprint density at radius 1 is 0.414 bits per heavy atom. The molecule has 29 heavy (non-hydrogen) atoms. The highest BCUT2D eigenvalue weighted by Crippen LogP contribution is 2.35. The highest BCUT2D eigenvalue weighted by Gasteiger charge is 2.05. The second-order valence-electron chi connectivity index (χ2n) is 7.10. The predicted octanol–water partition coefficient (Wildman–Crippen LogP) is 8.40. The Balaban J connectivity index is 1.46. The first-order valence-corrected chi connectivity index (χ1v) is 10.6. The van der Waals surface area contributed by atoms with Crippen molar-refractivity contribution >= 4 is 55.8 Å². The van der Waals surface area contributed by atoms with Gasteiger partial charge in [-0.15, -0.1) is 11.3 Å². The molecule has 0 bridgehead atoms. The Kier molecular flexibility index (Phi) is 4.81. The molecule has 5 rings (SSSR count). The van der Waals surface area contributed by atoms with E-state index in [4.69, 9.17) is 0 Å². The van der Waals surface area contributed by atoms with Gasteiger partial charge in [0, 0.05) is 20.2 Å². The van der Waals surface area contributed by atoms with Gasteiger partial charge < -0.3 is 0 Å². The third-order valence-electron chi connectivity index (χ3n) is 5.06. The minimum absolute atomic E-state index is 1.22. The molecule has 0 atom stereocenters. The van der Waals surface area contributed by atoms with Crippen molar-refractivity contribution in [1.29, 1.82) is 0 Å². The van der Waals surface area contributed by atoms with Crippen LogP contribution in [0.25, 0.3) is 44.5 Å². The van der Waals surface area contributed by atoms with Crippen molar-refractivity contribution in [3.63, 3.8) is 0 Å². The fourth-order valence-corrected chi connectivity index (χ4v) is 4.73. The minimum Gasteiger partial charge on any atom is -0.135 e. The van der Waals surface area contributed by atoms with Gasteiger partial charge in [0.15, 0.2) is 0 Å². The van der Waals surface area contributed by atoms with Crippen molar-refractivity contribution in [2.24, 2.45) is 0 Å². The van der Waals surface area contributed by atoms with Crippen molar-refractivity contribution in [2.45, 2.75) is 0 Å². The fourth-order valence-electron chi connectivity index (χ4n) is 3.53. The zero-order valence-electron chi connectivity index (χ0n) is 16.0. The lowest BCUT2D eigenvalue weighted by Gasteiger charge is -1.97. The van der Waals surface area contributed by atoms with Crippen molar-refractivity contribution in [3.8, 4) is 0 Å². The average molecular weight is 389 g/mol. The molecule has 0 nitrogen and oxygen atoms in total. The molecular weight excluding hydrogens is 368 g/mol. The summed E-state index contributed by atoms with van der Waals surface area (Å²) in [5, 5.41) is 2.67. The van der Waals surface area contributed by atoms with E-state index in [1.54, 1.807) is 0 Å². The van der Waals surface area contributed by atoms with Crippen LogP contribution in [0.3, 0.4) is 0 Å². The Bertz CT molecular complexity index is 1220. The van der Waals surface area contributed by atoms with Gasteiger partial charge in [-0.05, 0) is 34.4 Å². The smallest absolute Gasteiger partial charge is 0.0361 e. The van der Waals surface area contributed by atoms with Crippen LogP contribution in [0.15, 0.2) is 97.1 Å². The second-order valence-corrected chi connectivity index (χ2v) is 8.19. The van der Waals surface area contributed by atoms with E-state index in [-0.39, 0.29) is 0 Å². The summed E-state index contributed by atoms with van der Waals surface area (Å²) in [7, 11) is 0. The van der Waals surface area contributed by atoms with Crippen LogP contribution in [0, 0.1) is 0 Å². The summed E-state index contributed by atoms with van der Waals surface area (Å²) in [6.45, 7) is 0. The third-order valence-corrected chi connectivity index (χ3v) is 6.17. The molecule has 0 spiro atoms. The number of thiophene rings is 1. The van der Waals surface area contributed by atoms with Crippen LogP contribution in [0.5, 0.6) is 0 Å². The third kappa shape index (κ3) is 3.91. The Morgan fingerprint density at radius 3 is 1.28 bits per heavy atom. The molecule has 4 aromatic carbocycles. The van der Waals surface area contributed by atoms with Crippen LogP contribution < -0.4 is 0 Å². The van der Waals surface area contributed by atoms with Crippen molar-refractivity contribution in [1.82, 2.24) is 0 Å². The lowest BCUT2D eigenvalue weighted by atomic mass is 10.1. The number of hydrogen-bond donors (Lipinski definition) is 0. The molecule has 0 N–H and O–H groups in total. The normalized spacial score (nSPS) is 11.9. The van der Waals surface area contributed by atoms with Crippen LogP contribution in [-0.2, 0) is 0 Å². The lowest BCUT2D eigenvalue weighted by Crippen LogP contribution is -1.74. The molecule has 0 saturated carbocycles. The van der Waals surface area contributed by atoms with Crippen LogP contribution in [0.1, 0.15) is 22.3 Å². The van der Waals surface area contributed by atoms with E-state index in [0.29, 0.717) is 0 Å². The number of hydrogen-bond acceptors (Lipinski definition) is 1.